The molecule has 0 saturated carbocycles. The summed E-state index contributed by atoms with van der Waals surface area (Å²) in [5.41, 5.74) is 4.81. The molecule has 5 aromatic rings. The van der Waals surface area contributed by atoms with E-state index in [2.05, 4.69) is 31.4 Å². The molecule has 1 amide bonds. The Morgan fingerprint density at radius 2 is 1.92 bits per heavy atom. The van der Waals surface area contributed by atoms with Crippen molar-refractivity contribution in [2.24, 2.45) is 7.05 Å². The molecule has 3 heterocycles. The third-order valence-corrected chi connectivity index (χ3v) is 6.99. The normalized spacial score (nSPS) is 11.3. The summed E-state index contributed by atoms with van der Waals surface area (Å²) in [6.45, 7) is 4.00. The molecule has 36 heavy (non-hydrogen) atoms. The number of aromatic nitrogens is 5. The summed E-state index contributed by atoms with van der Waals surface area (Å²) in [6.07, 6.45) is 1.66. The summed E-state index contributed by atoms with van der Waals surface area (Å²) >= 11 is 9.60. The van der Waals surface area contributed by atoms with Gasteiger partial charge in [-0.1, -0.05) is 35.9 Å². The predicted molar refractivity (Wildman–Crippen MR) is 142 cm³/mol. The Balaban J connectivity index is 1.51. The summed E-state index contributed by atoms with van der Waals surface area (Å²) in [5, 5.41) is 12.8. The van der Waals surface area contributed by atoms with Gasteiger partial charge in [-0.05, 0) is 54.0 Å². The van der Waals surface area contributed by atoms with E-state index in [-0.39, 0.29) is 12.5 Å². The fourth-order valence-corrected chi connectivity index (χ4v) is 4.86. The minimum absolute atomic E-state index is 0.113. The molecule has 0 unspecified atom stereocenters. The zero-order valence-electron chi connectivity index (χ0n) is 19.7. The Kier molecular flexibility index (Phi) is 6.36. The standard InChI is InChI=1S/C26H21BrClFN6O/c1-14-24(15(2)34(3)32-14)23-11-17(16-7-4-5-10-22(16)30-23)26(36)31-25-19(27)13-35(33-25)12-18-20(28)8-6-9-21(18)29/h4-11,13H,12H2,1-3H3,(H,31,33,36). The van der Waals surface area contributed by atoms with Gasteiger partial charge in [-0.15, -0.1) is 0 Å². The molecule has 182 valence electrons. The van der Waals surface area contributed by atoms with E-state index in [0.29, 0.717) is 43.0 Å². The third-order valence-electron chi connectivity index (χ3n) is 6.06. The number of rotatable bonds is 5. The van der Waals surface area contributed by atoms with Gasteiger partial charge in [-0.25, -0.2) is 9.37 Å². The van der Waals surface area contributed by atoms with Crippen LogP contribution in [0.3, 0.4) is 0 Å². The maximum Gasteiger partial charge on any atom is 0.257 e. The van der Waals surface area contributed by atoms with Crippen LogP contribution >= 0.6 is 27.5 Å². The van der Waals surface area contributed by atoms with Crippen LogP contribution in [0.2, 0.25) is 5.02 Å². The van der Waals surface area contributed by atoms with Crippen LogP contribution in [0.25, 0.3) is 22.2 Å². The molecule has 10 heteroatoms. The number of amides is 1. The van der Waals surface area contributed by atoms with Crippen molar-refractivity contribution in [1.82, 2.24) is 24.5 Å². The monoisotopic (exact) mass is 566 g/mol. The van der Waals surface area contributed by atoms with Gasteiger partial charge < -0.3 is 5.32 Å². The van der Waals surface area contributed by atoms with E-state index in [1.807, 2.05) is 45.2 Å². The average Bonchev–Trinajstić information content (AvgIpc) is 3.32. The molecule has 7 nitrogen and oxygen atoms in total. The van der Waals surface area contributed by atoms with Crippen LogP contribution in [-0.2, 0) is 13.6 Å². The summed E-state index contributed by atoms with van der Waals surface area (Å²) in [6, 6.07) is 13.8. The Hall–Kier alpha value is -3.56. The van der Waals surface area contributed by atoms with Gasteiger partial charge in [0.25, 0.3) is 5.91 Å². The van der Waals surface area contributed by atoms with Crippen molar-refractivity contribution in [2.75, 3.05) is 5.32 Å². The Bertz CT molecular complexity index is 1620. The first kappa shape index (κ1) is 24.1. The second-order valence-corrected chi connectivity index (χ2v) is 9.68. The van der Waals surface area contributed by atoms with Crippen LogP contribution in [0, 0.1) is 19.7 Å². The number of para-hydroxylation sites is 1. The van der Waals surface area contributed by atoms with E-state index in [0.717, 1.165) is 17.0 Å². The fourth-order valence-electron chi connectivity index (χ4n) is 4.22. The Morgan fingerprint density at radius 1 is 1.14 bits per heavy atom. The lowest BCUT2D eigenvalue weighted by Gasteiger charge is -2.10. The fraction of sp³-hybridized carbons (Fsp3) is 0.154. The molecule has 1 N–H and O–H groups in total. The lowest BCUT2D eigenvalue weighted by molar-refractivity contribution is 0.102. The number of pyridine rings is 1. The highest BCUT2D eigenvalue weighted by Crippen LogP contribution is 2.30. The number of carbonyl (C=O) groups excluding carboxylic acids is 1. The minimum Gasteiger partial charge on any atom is -0.304 e. The smallest absolute Gasteiger partial charge is 0.257 e. The number of hydrogen-bond donors (Lipinski definition) is 1. The Morgan fingerprint density at radius 3 is 2.64 bits per heavy atom. The highest BCUT2D eigenvalue weighted by Gasteiger charge is 2.20. The van der Waals surface area contributed by atoms with Crippen molar-refractivity contribution in [3.05, 3.63) is 92.6 Å². The van der Waals surface area contributed by atoms with Crippen molar-refractivity contribution in [3.63, 3.8) is 0 Å². The second-order valence-electron chi connectivity index (χ2n) is 8.42. The first-order chi connectivity index (χ1) is 17.2. The maximum absolute atomic E-state index is 14.2. The number of halogens is 3. The SMILES string of the molecule is Cc1nn(C)c(C)c1-c1cc(C(=O)Nc2nn(Cc3c(F)cccc3Cl)cc2Br)c2ccccc2n1. The van der Waals surface area contributed by atoms with Gasteiger partial charge in [0.1, 0.15) is 5.82 Å². The molecule has 3 aromatic heterocycles. The summed E-state index contributed by atoms with van der Waals surface area (Å²) < 4.78 is 18.1. The quantitative estimate of drug-likeness (QED) is 0.270. The molecule has 0 fully saturated rings. The van der Waals surface area contributed by atoms with E-state index in [1.54, 1.807) is 29.1 Å². The van der Waals surface area contributed by atoms with Gasteiger partial charge in [-0.2, -0.15) is 10.2 Å². The predicted octanol–water partition coefficient (Wildman–Crippen LogP) is 6.30. The van der Waals surface area contributed by atoms with E-state index in [1.165, 1.54) is 10.7 Å². The topological polar surface area (TPSA) is 77.6 Å². The van der Waals surface area contributed by atoms with Gasteiger partial charge in [0.15, 0.2) is 5.82 Å². The molecule has 5 rings (SSSR count). The van der Waals surface area contributed by atoms with Gasteiger partial charge >= 0.3 is 0 Å². The largest absolute Gasteiger partial charge is 0.304 e. The molecule has 0 aliphatic carbocycles. The van der Waals surface area contributed by atoms with Crippen LogP contribution in [0.15, 0.2) is 59.2 Å². The summed E-state index contributed by atoms with van der Waals surface area (Å²) in [7, 11) is 1.88. The number of hydrogen-bond acceptors (Lipinski definition) is 4. The number of anilines is 1. The molecule has 0 aliphatic heterocycles. The van der Waals surface area contributed by atoms with E-state index < -0.39 is 5.82 Å². The van der Waals surface area contributed by atoms with Crippen LogP contribution in [0.1, 0.15) is 27.3 Å². The number of nitrogens with one attached hydrogen (secondary N) is 1. The van der Waals surface area contributed by atoms with Crippen LogP contribution < -0.4 is 5.32 Å². The molecule has 0 aliphatic rings. The van der Waals surface area contributed by atoms with E-state index >= 15 is 0 Å². The first-order valence-electron chi connectivity index (χ1n) is 11.1. The molecule has 0 atom stereocenters. The summed E-state index contributed by atoms with van der Waals surface area (Å²) in [4.78, 5) is 18.3. The van der Waals surface area contributed by atoms with Crippen molar-refractivity contribution in [2.45, 2.75) is 20.4 Å². The third kappa shape index (κ3) is 4.40. The number of nitrogens with zero attached hydrogens (tertiary/aromatic N) is 5. The molecule has 0 spiro atoms. The molecule has 0 saturated heterocycles. The van der Waals surface area contributed by atoms with Crippen LogP contribution in [0.4, 0.5) is 10.2 Å². The lowest BCUT2D eigenvalue weighted by atomic mass is 10.0. The van der Waals surface area contributed by atoms with Crippen molar-refractivity contribution in [1.29, 1.82) is 0 Å². The molecule has 0 radical (unpaired) electrons. The zero-order chi connectivity index (χ0) is 25.6. The van der Waals surface area contributed by atoms with Crippen LogP contribution in [-0.4, -0.2) is 30.5 Å². The van der Waals surface area contributed by atoms with Gasteiger partial charge in [0.05, 0.1) is 33.5 Å². The van der Waals surface area contributed by atoms with Crippen LogP contribution in [0.5, 0.6) is 0 Å². The number of fused-ring (bicyclic) bond motifs is 1. The van der Waals surface area contributed by atoms with Gasteiger partial charge in [-0.3, -0.25) is 14.2 Å². The lowest BCUT2D eigenvalue weighted by Crippen LogP contribution is -2.14. The molecule has 0 bridgehead atoms. The molecular weight excluding hydrogens is 547 g/mol. The maximum atomic E-state index is 14.2. The average molecular weight is 568 g/mol. The highest BCUT2D eigenvalue weighted by molar-refractivity contribution is 9.10. The zero-order valence-corrected chi connectivity index (χ0v) is 22.0. The van der Waals surface area contributed by atoms with Crippen molar-refractivity contribution < 1.29 is 9.18 Å². The number of benzene rings is 2. The van der Waals surface area contributed by atoms with Crippen molar-refractivity contribution >= 4 is 50.2 Å². The van der Waals surface area contributed by atoms with Gasteiger partial charge in [0.2, 0.25) is 0 Å². The second kappa shape index (κ2) is 9.48. The Labute approximate surface area is 220 Å². The number of carbonyl (C=O) groups is 1. The molecular formula is C26H21BrClFN6O. The molecule has 2 aromatic carbocycles. The van der Waals surface area contributed by atoms with E-state index in [9.17, 15) is 9.18 Å². The minimum atomic E-state index is -0.420. The summed E-state index contributed by atoms with van der Waals surface area (Å²) in [5.74, 6) is -0.455. The highest BCUT2D eigenvalue weighted by atomic mass is 79.9. The van der Waals surface area contributed by atoms with E-state index in [4.69, 9.17) is 16.6 Å². The number of aryl methyl sites for hydroxylation is 2. The van der Waals surface area contributed by atoms with Crippen molar-refractivity contribution in [3.8, 4) is 11.3 Å². The first-order valence-corrected chi connectivity index (χ1v) is 12.3. The van der Waals surface area contributed by atoms with Gasteiger partial charge in [0, 0.05) is 40.5 Å².